The Morgan fingerprint density at radius 2 is 1.89 bits per heavy atom. The van der Waals surface area contributed by atoms with Crippen LogP contribution in [0.2, 0.25) is 0 Å². The molecule has 0 atom stereocenters. The van der Waals surface area contributed by atoms with Crippen LogP contribution in [0.5, 0.6) is 0 Å². The molecule has 0 N–H and O–H groups in total. The van der Waals surface area contributed by atoms with Gasteiger partial charge < -0.3 is 0 Å². The SMILES string of the molecule is CCC(=O)N1CCCc2cc([Se]c3ccccc3)c(-c3ccc(F)cc3)nc21. The van der Waals surface area contributed by atoms with E-state index in [9.17, 15) is 9.18 Å². The van der Waals surface area contributed by atoms with Crippen LogP contribution in [0.3, 0.4) is 0 Å². The predicted molar refractivity (Wildman–Crippen MR) is 112 cm³/mol. The number of aryl methyl sites for hydroxylation is 1. The fraction of sp³-hybridized carbons (Fsp3) is 0.217. The van der Waals surface area contributed by atoms with E-state index in [-0.39, 0.29) is 26.7 Å². The number of carbonyl (C=O) groups excluding carboxylic acids is 1. The standard InChI is InChI=1S/C23H21FN2OSe/c1-2-21(27)26-14-6-7-17-15-20(28-19-8-4-3-5-9-19)22(25-23(17)26)16-10-12-18(24)13-11-16/h3-5,8-13,15H,2,6-7,14H2,1H3. The van der Waals surface area contributed by atoms with Crippen molar-refractivity contribution in [2.75, 3.05) is 11.4 Å². The van der Waals surface area contributed by atoms with Gasteiger partial charge in [0, 0.05) is 0 Å². The van der Waals surface area contributed by atoms with Crippen molar-refractivity contribution in [3.05, 3.63) is 72.0 Å². The molecule has 0 radical (unpaired) electrons. The van der Waals surface area contributed by atoms with Gasteiger partial charge in [-0.1, -0.05) is 0 Å². The number of hydrogen-bond acceptors (Lipinski definition) is 2. The number of pyridine rings is 1. The number of benzene rings is 2. The topological polar surface area (TPSA) is 33.2 Å². The normalized spacial score (nSPS) is 13.3. The molecule has 0 spiro atoms. The second-order valence-electron chi connectivity index (χ2n) is 6.74. The molecule has 5 heteroatoms. The van der Waals surface area contributed by atoms with E-state index in [2.05, 4.69) is 18.2 Å². The Balaban J connectivity index is 1.84. The first-order valence-electron chi connectivity index (χ1n) is 9.49. The van der Waals surface area contributed by atoms with Crippen molar-refractivity contribution in [2.24, 2.45) is 0 Å². The molecule has 142 valence electrons. The summed E-state index contributed by atoms with van der Waals surface area (Å²) in [4.78, 5) is 19.2. The Morgan fingerprint density at radius 1 is 1.14 bits per heavy atom. The fourth-order valence-corrected chi connectivity index (χ4v) is 5.53. The zero-order valence-electron chi connectivity index (χ0n) is 15.7. The summed E-state index contributed by atoms with van der Waals surface area (Å²) in [6.45, 7) is 2.59. The number of aromatic nitrogens is 1. The van der Waals surface area contributed by atoms with E-state index in [0.29, 0.717) is 13.0 Å². The van der Waals surface area contributed by atoms with E-state index in [1.54, 1.807) is 12.1 Å². The number of rotatable bonds is 4. The van der Waals surface area contributed by atoms with Crippen LogP contribution in [0.25, 0.3) is 11.3 Å². The molecule has 0 saturated heterocycles. The van der Waals surface area contributed by atoms with Gasteiger partial charge in [-0.05, 0) is 0 Å². The number of nitrogens with zero attached hydrogens (tertiary/aromatic N) is 2. The van der Waals surface area contributed by atoms with Crippen LogP contribution in [0.15, 0.2) is 60.7 Å². The molecule has 1 amide bonds. The van der Waals surface area contributed by atoms with Gasteiger partial charge in [-0.3, -0.25) is 0 Å². The van der Waals surface area contributed by atoms with Crippen LogP contribution >= 0.6 is 0 Å². The molecule has 2 heterocycles. The summed E-state index contributed by atoms with van der Waals surface area (Å²) in [5.41, 5.74) is 2.86. The van der Waals surface area contributed by atoms with E-state index in [1.807, 2.05) is 30.0 Å². The monoisotopic (exact) mass is 440 g/mol. The number of amides is 1. The van der Waals surface area contributed by atoms with Crippen LogP contribution in [0.4, 0.5) is 10.2 Å². The van der Waals surface area contributed by atoms with E-state index in [1.165, 1.54) is 16.6 Å². The Morgan fingerprint density at radius 3 is 2.61 bits per heavy atom. The number of hydrogen-bond donors (Lipinski definition) is 0. The van der Waals surface area contributed by atoms with Gasteiger partial charge in [0.2, 0.25) is 0 Å². The number of fused-ring (bicyclic) bond motifs is 1. The van der Waals surface area contributed by atoms with Gasteiger partial charge in [0.15, 0.2) is 0 Å². The molecule has 4 rings (SSSR count). The summed E-state index contributed by atoms with van der Waals surface area (Å²) in [6.07, 6.45) is 2.34. The van der Waals surface area contributed by atoms with Crippen molar-refractivity contribution in [3.63, 3.8) is 0 Å². The number of carbonyl (C=O) groups is 1. The van der Waals surface area contributed by atoms with E-state index < -0.39 is 0 Å². The number of halogens is 1. The van der Waals surface area contributed by atoms with Gasteiger partial charge in [0.1, 0.15) is 0 Å². The maximum absolute atomic E-state index is 13.5. The second kappa shape index (κ2) is 8.25. The first-order valence-corrected chi connectivity index (χ1v) is 11.2. The zero-order chi connectivity index (χ0) is 19.5. The third kappa shape index (κ3) is 3.87. The molecule has 2 aromatic carbocycles. The summed E-state index contributed by atoms with van der Waals surface area (Å²) in [5.74, 6) is 0.601. The van der Waals surface area contributed by atoms with Gasteiger partial charge in [0.05, 0.1) is 0 Å². The average Bonchev–Trinajstić information content (AvgIpc) is 2.73. The summed E-state index contributed by atoms with van der Waals surface area (Å²) in [6, 6.07) is 19.0. The molecule has 3 nitrogen and oxygen atoms in total. The van der Waals surface area contributed by atoms with Gasteiger partial charge in [-0.15, -0.1) is 0 Å². The van der Waals surface area contributed by atoms with Crippen molar-refractivity contribution in [1.82, 2.24) is 4.98 Å². The Bertz CT molecular complexity index is 989. The molecule has 1 aliphatic heterocycles. The summed E-state index contributed by atoms with van der Waals surface area (Å²) in [5, 5.41) is 0. The molecule has 0 bridgehead atoms. The van der Waals surface area contributed by atoms with Crippen LogP contribution in [0.1, 0.15) is 25.3 Å². The minimum atomic E-state index is -0.264. The van der Waals surface area contributed by atoms with E-state index >= 15 is 0 Å². The van der Waals surface area contributed by atoms with Crippen molar-refractivity contribution in [2.45, 2.75) is 26.2 Å². The first kappa shape index (κ1) is 18.9. The predicted octanol–water partition coefficient (Wildman–Crippen LogP) is 3.23. The zero-order valence-corrected chi connectivity index (χ0v) is 17.4. The van der Waals surface area contributed by atoms with Gasteiger partial charge >= 0.3 is 171 Å². The third-order valence-corrected chi connectivity index (χ3v) is 7.00. The van der Waals surface area contributed by atoms with Gasteiger partial charge in [-0.2, -0.15) is 0 Å². The van der Waals surface area contributed by atoms with Crippen molar-refractivity contribution < 1.29 is 9.18 Å². The summed E-state index contributed by atoms with van der Waals surface area (Å²) >= 11 is 0.0735. The maximum atomic E-state index is 13.5. The molecule has 0 unspecified atom stereocenters. The second-order valence-corrected chi connectivity index (χ2v) is 9.08. The van der Waals surface area contributed by atoms with E-state index in [0.717, 1.165) is 39.9 Å². The van der Waals surface area contributed by atoms with Crippen LogP contribution < -0.4 is 13.8 Å². The molecule has 28 heavy (non-hydrogen) atoms. The van der Waals surface area contributed by atoms with Crippen molar-refractivity contribution >= 4 is 35.6 Å². The third-order valence-electron chi connectivity index (χ3n) is 4.82. The van der Waals surface area contributed by atoms with Crippen molar-refractivity contribution in [1.29, 1.82) is 0 Å². The molecule has 1 aromatic heterocycles. The quantitative estimate of drug-likeness (QED) is 0.585. The van der Waals surface area contributed by atoms with E-state index in [4.69, 9.17) is 4.98 Å². The van der Waals surface area contributed by atoms with Crippen LogP contribution in [0, 0.1) is 5.82 Å². The molecule has 0 fully saturated rings. The summed E-state index contributed by atoms with van der Waals surface area (Å²) in [7, 11) is 0. The molecular weight excluding hydrogens is 418 g/mol. The Kier molecular flexibility index (Phi) is 5.56. The van der Waals surface area contributed by atoms with Crippen LogP contribution in [-0.2, 0) is 11.2 Å². The summed E-state index contributed by atoms with van der Waals surface area (Å²) < 4.78 is 15.9. The average molecular weight is 439 g/mol. The van der Waals surface area contributed by atoms with Crippen molar-refractivity contribution in [3.8, 4) is 11.3 Å². The Hall–Kier alpha value is -2.49. The minimum absolute atomic E-state index is 0.0735. The molecule has 0 aliphatic carbocycles. The number of anilines is 1. The molecular formula is C23H21FN2OSe. The van der Waals surface area contributed by atoms with Gasteiger partial charge in [0.25, 0.3) is 0 Å². The Labute approximate surface area is 170 Å². The fourth-order valence-electron chi connectivity index (χ4n) is 3.42. The molecule has 0 saturated carbocycles. The molecule has 3 aromatic rings. The first-order chi connectivity index (χ1) is 13.7. The van der Waals surface area contributed by atoms with Crippen LogP contribution in [-0.4, -0.2) is 32.4 Å². The van der Waals surface area contributed by atoms with Gasteiger partial charge in [-0.25, -0.2) is 0 Å². The molecule has 1 aliphatic rings.